The van der Waals surface area contributed by atoms with E-state index in [2.05, 4.69) is 5.16 Å². The summed E-state index contributed by atoms with van der Waals surface area (Å²) in [6, 6.07) is 0. The van der Waals surface area contributed by atoms with Crippen LogP contribution in [0.3, 0.4) is 0 Å². The molecule has 0 amide bonds. The number of nitrogens with zero attached hydrogens (tertiary/aromatic N) is 1. The van der Waals surface area contributed by atoms with Gasteiger partial charge < -0.3 is 14.1 Å². The third kappa shape index (κ3) is 2.98. The maximum absolute atomic E-state index is 5.86. The Morgan fingerprint density at radius 3 is 2.12 bits per heavy atom. The lowest BCUT2D eigenvalue weighted by atomic mass is 9.82. The Morgan fingerprint density at radius 2 is 1.69 bits per heavy atom. The standard InChI is InChI=1S/C11H22BNO3/c1-7-14-13-9(2)8-12-15-10(3,4)11(5,6)16-12/h7-8H2,1-6H3/b13-9-. The van der Waals surface area contributed by atoms with Crippen LogP contribution in [0.15, 0.2) is 5.16 Å². The van der Waals surface area contributed by atoms with Crippen molar-refractivity contribution in [3.05, 3.63) is 0 Å². The third-order valence-electron chi connectivity index (χ3n) is 3.11. The average molecular weight is 227 g/mol. The van der Waals surface area contributed by atoms with E-state index in [1.807, 2.05) is 41.5 Å². The van der Waals surface area contributed by atoms with Crippen molar-refractivity contribution in [2.45, 2.75) is 59.1 Å². The van der Waals surface area contributed by atoms with Gasteiger partial charge in [0.05, 0.1) is 16.9 Å². The normalized spacial score (nSPS) is 23.6. The van der Waals surface area contributed by atoms with Gasteiger partial charge in [0.15, 0.2) is 0 Å². The van der Waals surface area contributed by atoms with E-state index in [4.69, 9.17) is 14.1 Å². The van der Waals surface area contributed by atoms with Crippen molar-refractivity contribution in [3.8, 4) is 0 Å². The van der Waals surface area contributed by atoms with Crippen molar-refractivity contribution in [1.29, 1.82) is 0 Å². The number of oxime groups is 1. The van der Waals surface area contributed by atoms with E-state index in [1.165, 1.54) is 0 Å². The van der Waals surface area contributed by atoms with Crippen LogP contribution in [0.2, 0.25) is 6.32 Å². The van der Waals surface area contributed by atoms with E-state index < -0.39 is 0 Å². The van der Waals surface area contributed by atoms with Crippen LogP contribution in [0.4, 0.5) is 0 Å². The zero-order chi connectivity index (χ0) is 12.4. The quantitative estimate of drug-likeness (QED) is 0.420. The van der Waals surface area contributed by atoms with Crippen molar-refractivity contribution in [2.75, 3.05) is 6.61 Å². The first kappa shape index (κ1) is 13.5. The minimum Gasteiger partial charge on any atom is -0.403 e. The molecule has 1 saturated heterocycles. The molecule has 16 heavy (non-hydrogen) atoms. The SMILES string of the molecule is CCO/N=C(/C)CB1OC(C)(C)C(C)(C)O1. The van der Waals surface area contributed by atoms with Gasteiger partial charge in [0.25, 0.3) is 0 Å². The summed E-state index contributed by atoms with van der Waals surface area (Å²) in [4.78, 5) is 4.99. The third-order valence-corrected chi connectivity index (χ3v) is 3.11. The summed E-state index contributed by atoms with van der Waals surface area (Å²) in [5.74, 6) is 0. The summed E-state index contributed by atoms with van der Waals surface area (Å²) >= 11 is 0. The Kier molecular flexibility index (Phi) is 4.02. The molecule has 1 rings (SSSR count). The molecule has 0 aromatic rings. The van der Waals surface area contributed by atoms with Crippen LogP contribution in [0, 0.1) is 0 Å². The van der Waals surface area contributed by atoms with Gasteiger partial charge in [0.2, 0.25) is 0 Å². The van der Waals surface area contributed by atoms with Gasteiger partial charge in [-0.2, -0.15) is 0 Å². The molecule has 0 aliphatic carbocycles. The first-order chi connectivity index (χ1) is 7.28. The highest BCUT2D eigenvalue weighted by molar-refractivity contribution is 6.50. The lowest BCUT2D eigenvalue weighted by Crippen LogP contribution is -2.41. The Labute approximate surface area is 98.5 Å². The van der Waals surface area contributed by atoms with Gasteiger partial charge in [-0.3, -0.25) is 0 Å². The van der Waals surface area contributed by atoms with Crippen LogP contribution in [-0.2, 0) is 14.1 Å². The molecule has 0 aromatic heterocycles. The van der Waals surface area contributed by atoms with E-state index >= 15 is 0 Å². The maximum Gasteiger partial charge on any atom is 0.463 e. The van der Waals surface area contributed by atoms with Gasteiger partial charge >= 0.3 is 7.12 Å². The van der Waals surface area contributed by atoms with Crippen molar-refractivity contribution in [2.24, 2.45) is 5.16 Å². The molecule has 4 nitrogen and oxygen atoms in total. The van der Waals surface area contributed by atoms with E-state index in [9.17, 15) is 0 Å². The highest BCUT2D eigenvalue weighted by Gasteiger charge is 2.50. The first-order valence-electron chi connectivity index (χ1n) is 5.79. The maximum atomic E-state index is 5.86. The zero-order valence-electron chi connectivity index (χ0n) is 11.2. The fraction of sp³-hybridized carbons (Fsp3) is 0.909. The fourth-order valence-electron chi connectivity index (χ4n) is 1.50. The minimum absolute atomic E-state index is 0.228. The molecule has 0 N–H and O–H groups in total. The highest BCUT2D eigenvalue weighted by atomic mass is 16.7. The number of rotatable bonds is 4. The van der Waals surface area contributed by atoms with E-state index in [-0.39, 0.29) is 18.3 Å². The van der Waals surface area contributed by atoms with Crippen LogP contribution in [0.1, 0.15) is 41.5 Å². The number of hydrogen-bond acceptors (Lipinski definition) is 4. The molecule has 0 bridgehead atoms. The van der Waals surface area contributed by atoms with Gasteiger partial charge in [0.1, 0.15) is 6.61 Å². The summed E-state index contributed by atoms with van der Waals surface area (Å²) in [6.45, 7) is 12.6. The van der Waals surface area contributed by atoms with Crippen molar-refractivity contribution in [3.63, 3.8) is 0 Å². The summed E-state index contributed by atoms with van der Waals surface area (Å²) < 4.78 is 11.7. The highest BCUT2D eigenvalue weighted by Crippen LogP contribution is 2.37. The molecule has 1 fully saturated rings. The molecule has 0 unspecified atom stereocenters. The Morgan fingerprint density at radius 1 is 1.19 bits per heavy atom. The van der Waals surface area contributed by atoms with Gasteiger partial charge in [-0.1, -0.05) is 5.16 Å². The Balaban J connectivity index is 2.54. The molecule has 92 valence electrons. The Hall–Kier alpha value is -0.545. The number of hydrogen-bond donors (Lipinski definition) is 0. The average Bonchev–Trinajstić information content (AvgIpc) is 2.31. The topological polar surface area (TPSA) is 40.0 Å². The van der Waals surface area contributed by atoms with Crippen LogP contribution in [-0.4, -0.2) is 30.6 Å². The first-order valence-corrected chi connectivity index (χ1v) is 5.79. The van der Waals surface area contributed by atoms with Crippen molar-refractivity contribution >= 4 is 12.8 Å². The molecule has 1 aliphatic heterocycles. The smallest absolute Gasteiger partial charge is 0.403 e. The summed E-state index contributed by atoms with van der Waals surface area (Å²) in [6.07, 6.45) is 0.646. The van der Waals surface area contributed by atoms with Crippen LogP contribution >= 0.6 is 0 Å². The molecule has 1 aliphatic rings. The van der Waals surface area contributed by atoms with E-state index in [0.717, 1.165) is 5.71 Å². The van der Waals surface area contributed by atoms with Gasteiger partial charge in [-0.25, -0.2) is 0 Å². The van der Waals surface area contributed by atoms with Crippen LogP contribution in [0.5, 0.6) is 0 Å². The van der Waals surface area contributed by atoms with Gasteiger partial charge in [-0.15, -0.1) is 0 Å². The predicted molar refractivity (Wildman–Crippen MR) is 65.6 cm³/mol. The second-order valence-corrected chi connectivity index (χ2v) is 5.13. The zero-order valence-corrected chi connectivity index (χ0v) is 11.2. The second-order valence-electron chi connectivity index (χ2n) is 5.13. The lowest BCUT2D eigenvalue weighted by Gasteiger charge is -2.32. The summed E-state index contributed by atoms with van der Waals surface area (Å²) in [7, 11) is -0.228. The lowest BCUT2D eigenvalue weighted by molar-refractivity contribution is 0.00578. The molecule has 0 saturated carbocycles. The molecule has 0 radical (unpaired) electrons. The fourth-order valence-corrected chi connectivity index (χ4v) is 1.50. The van der Waals surface area contributed by atoms with Crippen LogP contribution < -0.4 is 0 Å². The Bertz CT molecular complexity index is 260. The summed E-state index contributed by atoms with van der Waals surface area (Å²) in [5.41, 5.74) is 0.341. The minimum atomic E-state index is -0.274. The largest absolute Gasteiger partial charge is 0.463 e. The second kappa shape index (κ2) is 4.76. The molecule has 5 heteroatoms. The van der Waals surface area contributed by atoms with Crippen LogP contribution in [0.25, 0.3) is 0 Å². The monoisotopic (exact) mass is 227 g/mol. The van der Waals surface area contributed by atoms with E-state index in [1.54, 1.807) is 0 Å². The molecular formula is C11H22BNO3. The van der Waals surface area contributed by atoms with E-state index in [0.29, 0.717) is 12.9 Å². The molecule has 0 atom stereocenters. The molecule has 0 aromatic carbocycles. The molecule has 1 heterocycles. The van der Waals surface area contributed by atoms with Gasteiger partial charge in [0, 0.05) is 6.32 Å². The van der Waals surface area contributed by atoms with Crippen molar-refractivity contribution < 1.29 is 14.1 Å². The van der Waals surface area contributed by atoms with Gasteiger partial charge in [-0.05, 0) is 41.5 Å². The summed E-state index contributed by atoms with van der Waals surface area (Å²) in [5, 5.41) is 3.96. The predicted octanol–water partition coefficient (Wildman–Crippen LogP) is 2.49. The van der Waals surface area contributed by atoms with Crippen molar-refractivity contribution in [1.82, 2.24) is 0 Å². The molecular weight excluding hydrogens is 205 g/mol. The molecule has 0 spiro atoms.